The summed E-state index contributed by atoms with van der Waals surface area (Å²) in [5.74, 6) is 0.618. The zero-order chi connectivity index (χ0) is 13.6. The van der Waals surface area contributed by atoms with Crippen molar-refractivity contribution in [2.24, 2.45) is 0 Å². The quantitative estimate of drug-likeness (QED) is 0.581. The molecule has 0 unspecified atom stereocenters. The summed E-state index contributed by atoms with van der Waals surface area (Å²) in [6.45, 7) is 0. The third-order valence-electron chi connectivity index (χ3n) is 2.57. The van der Waals surface area contributed by atoms with Gasteiger partial charge in [0.2, 0.25) is 0 Å². The van der Waals surface area contributed by atoms with E-state index in [1.807, 2.05) is 12.1 Å². The van der Waals surface area contributed by atoms with Gasteiger partial charge in [0.15, 0.2) is 5.65 Å². The fourth-order valence-electron chi connectivity index (χ4n) is 1.70. The average Bonchev–Trinajstić information content (AvgIpc) is 2.75. The van der Waals surface area contributed by atoms with Gasteiger partial charge in [-0.3, -0.25) is 0 Å². The van der Waals surface area contributed by atoms with E-state index in [1.165, 1.54) is 0 Å². The number of nitrogens with zero attached hydrogens (tertiary/aromatic N) is 2. The number of rotatable bonds is 1. The number of fused-ring (bicyclic) bond motifs is 1. The van der Waals surface area contributed by atoms with Crippen LogP contribution in [0.5, 0.6) is 0 Å². The van der Waals surface area contributed by atoms with Gasteiger partial charge in [0, 0.05) is 10.0 Å². The summed E-state index contributed by atoms with van der Waals surface area (Å²) in [7, 11) is 0. The van der Waals surface area contributed by atoms with E-state index in [-0.39, 0.29) is 5.15 Å². The minimum atomic E-state index is 0.229. The first-order valence-corrected chi connectivity index (χ1v) is 7.14. The molecule has 1 N–H and O–H groups in total. The van der Waals surface area contributed by atoms with E-state index in [0.717, 1.165) is 10.0 Å². The Labute approximate surface area is 132 Å². The van der Waals surface area contributed by atoms with E-state index in [2.05, 4.69) is 30.9 Å². The molecule has 96 valence electrons. The Bertz CT molecular complexity index is 746. The third kappa shape index (κ3) is 2.46. The van der Waals surface area contributed by atoms with Crippen LogP contribution in [0, 0.1) is 0 Å². The fraction of sp³-hybridized carbons (Fsp3) is 0. The van der Waals surface area contributed by atoms with Gasteiger partial charge in [0.25, 0.3) is 0 Å². The van der Waals surface area contributed by atoms with Crippen molar-refractivity contribution in [3.63, 3.8) is 0 Å². The summed E-state index contributed by atoms with van der Waals surface area (Å²) in [5.41, 5.74) is 1.99. The molecule has 7 heteroatoms. The lowest BCUT2D eigenvalue weighted by Gasteiger charge is -2.00. The van der Waals surface area contributed by atoms with Crippen molar-refractivity contribution in [2.75, 3.05) is 0 Å². The van der Waals surface area contributed by atoms with Gasteiger partial charge in [0.05, 0.1) is 15.6 Å². The topological polar surface area (TPSA) is 41.6 Å². The van der Waals surface area contributed by atoms with Gasteiger partial charge in [0.1, 0.15) is 11.0 Å². The molecule has 0 amide bonds. The van der Waals surface area contributed by atoms with Gasteiger partial charge >= 0.3 is 0 Å². The first-order chi connectivity index (χ1) is 9.04. The Morgan fingerprint density at radius 1 is 1.00 bits per heavy atom. The molecule has 0 bridgehead atoms. The highest BCUT2D eigenvalue weighted by Crippen LogP contribution is 2.31. The number of aromatic nitrogens is 3. The van der Waals surface area contributed by atoms with Crippen LogP contribution in [0.3, 0.4) is 0 Å². The first kappa shape index (κ1) is 13.2. The predicted octanol–water partition coefficient (Wildman–Crippen LogP) is 5.35. The van der Waals surface area contributed by atoms with Crippen LogP contribution in [-0.2, 0) is 0 Å². The molecule has 1 aromatic carbocycles. The van der Waals surface area contributed by atoms with Crippen LogP contribution < -0.4 is 0 Å². The van der Waals surface area contributed by atoms with Crippen molar-refractivity contribution < 1.29 is 0 Å². The molecule has 0 spiro atoms. The molecule has 0 aliphatic heterocycles. The predicted molar refractivity (Wildman–Crippen MR) is 82.1 cm³/mol. The average molecular weight is 377 g/mol. The number of hydrogen-bond acceptors (Lipinski definition) is 2. The second-order valence-corrected chi connectivity index (χ2v) is 5.93. The molecule has 0 saturated carbocycles. The van der Waals surface area contributed by atoms with Crippen LogP contribution in [0.4, 0.5) is 0 Å². The SMILES string of the molecule is Clc1ccc(Br)cc1-c1nc2nc(Cl)c(Cl)cc2[nH]1. The van der Waals surface area contributed by atoms with E-state index in [4.69, 9.17) is 34.8 Å². The maximum Gasteiger partial charge on any atom is 0.179 e. The van der Waals surface area contributed by atoms with Crippen molar-refractivity contribution in [2.45, 2.75) is 0 Å². The van der Waals surface area contributed by atoms with Crippen molar-refractivity contribution in [3.05, 3.63) is 43.9 Å². The molecule has 19 heavy (non-hydrogen) atoms. The molecule has 0 radical (unpaired) electrons. The van der Waals surface area contributed by atoms with Crippen LogP contribution in [0.2, 0.25) is 15.2 Å². The zero-order valence-electron chi connectivity index (χ0n) is 9.22. The Morgan fingerprint density at radius 3 is 2.58 bits per heavy atom. The second kappa shape index (κ2) is 4.94. The van der Waals surface area contributed by atoms with Crippen LogP contribution in [-0.4, -0.2) is 15.0 Å². The summed E-state index contributed by atoms with van der Waals surface area (Å²) >= 11 is 21.4. The smallest absolute Gasteiger partial charge is 0.179 e. The zero-order valence-corrected chi connectivity index (χ0v) is 13.1. The highest BCUT2D eigenvalue weighted by Gasteiger charge is 2.12. The Hall–Kier alpha value is -0.810. The molecule has 0 saturated heterocycles. The molecular weight excluding hydrogens is 372 g/mol. The van der Waals surface area contributed by atoms with Crippen molar-refractivity contribution in [1.82, 2.24) is 15.0 Å². The molecule has 3 nitrogen and oxygen atoms in total. The maximum atomic E-state index is 6.17. The highest BCUT2D eigenvalue weighted by atomic mass is 79.9. The van der Waals surface area contributed by atoms with Gasteiger partial charge < -0.3 is 4.98 Å². The van der Waals surface area contributed by atoms with E-state index in [9.17, 15) is 0 Å². The van der Waals surface area contributed by atoms with Crippen LogP contribution in [0.1, 0.15) is 0 Å². The summed E-state index contributed by atoms with van der Waals surface area (Å²) in [4.78, 5) is 11.6. The summed E-state index contributed by atoms with van der Waals surface area (Å²) in [5, 5.41) is 1.21. The lowest BCUT2D eigenvalue weighted by molar-refractivity contribution is 1.30. The van der Waals surface area contributed by atoms with Gasteiger partial charge in [-0.25, -0.2) is 9.97 Å². The Morgan fingerprint density at radius 2 is 1.79 bits per heavy atom. The number of imidazole rings is 1. The molecule has 3 aromatic rings. The van der Waals surface area contributed by atoms with Gasteiger partial charge in [-0.2, -0.15) is 0 Å². The number of nitrogens with one attached hydrogen (secondary N) is 1. The highest BCUT2D eigenvalue weighted by molar-refractivity contribution is 9.10. The van der Waals surface area contributed by atoms with Crippen molar-refractivity contribution in [3.8, 4) is 11.4 Å². The number of halogens is 4. The van der Waals surface area contributed by atoms with Crippen LogP contribution in [0.25, 0.3) is 22.6 Å². The molecule has 0 aliphatic rings. The molecular formula is C12H5BrCl3N3. The number of hydrogen-bond donors (Lipinski definition) is 1. The lowest BCUT2D eigenvalue weighted by Crippen LogP contribution is -1.82. The fourth-order valence-corrected chi connectivity index (χ4v) is 2.56. The van der Waals surface area contributed by atoms with Crippen LogP contribution in [0.15, 0.2) is 28.7 Å². The standard InChI is InChI=1S/C12H5BrCl3N3/c13-5-1-2-7(14)6(3-5)11-17-9-4-8(15)10(16)18-12(9)19-11/h1-4H,(H,17,18,19). The van der Waals surface area contributed by atoms with E-state index >= 15 is 0 Å². The number of benzene rings is 1. The summed E-state index contributed by atoms with van der Waals surface area (Å²) < 4.78 is 0.913. The Balaban J connectivity index is 2.23. The molecule has 2 heterocycles. The number of aromatic amines is 1. The molecule has 2 aromatic heterocycles. The minimum absolute atomic E-state index is 0.229. The van der Waals surface area contributed by atoms with E-state index in [0.29, 0.717) is 27.0 Å². The number of H-pyrrole nitrogens is 1. The van der Waals surface area contributed by atoms with Crippen LogP contribution >= 0.6 is 50.7 Å². The Kier molecular flexibility index (Phi) is 3.43. The van der Waals surface area contributed by atoms with E-state index < -0.39 is 0 Å². The monoisotopic (exact) mass is 375 g/mol. The lowest BCUT2D eigenvalue weighted by atomic mass is 10.2. The van der Waals surface area contributed by atoms with Crippen molar-refractivity contribution >= 4 is 61.9 Å². The normalized spacial score (nSPS) is 11.2. The van der Waals surface area contributed by atoms with Crippen molar-refractivity contribution in [1.29, 1.82) is 0 Å². The maximum absolute atomic E-state index is 6.17. The largest absolute Gasteiger partial charge is 0.336 e. The second-order valence-electron chi connectivity index (χ2n) is 3.84. The van der Waals surface area contributed by atoms with Gasteiger partial charge in [-0.05, 0) is 24.3 Å². The minimum Gasteiger partial charge on any atom is -0.336 e. The first-order valence-electron chi connectivity index (χ1n) is 5.22. The van der Waals surface area contributed by atoms with Gasteiger partial charge in [-0.1, -0.05) is 50.7 Å². The molecule has 3 rings (SSSR count). The van der Waals surface area contributed by atoms with Gasteiger partial charge in [-0.15, -0.1) is 0 Å². The third-order valence-corrected chi connectivity index (χ3v) is 4.06. The molecule has 0 atom stereocenters. The van der Waals surface area contributed by atoms with E-state index in [1.54, 1.807) is 12.1 Å². The number of pyridine rings is 1. The summed E-state index contributed by atoms with van der Waals surface area (Å²) in [6, 6.07) is 7.22. The molecule has 0 fully saturated rings. The molecule has 0 aliphatic carbocycles. The summed E-state index contributed by atoms with van der Waals surface area (Å²) in [6.07, 6.45) is 0.